The maximum atomic E-state index is 13.6. The monoisotopic (exact) mass is 367 g/mol. The first-order valence-electron chi connectivity index (χ1n) is 5.80. The molecule has 4 nitrogen and oxygen atoms in total. The summed E-state index contributed by atoms with van der Waals surface area (Å²) in [5, 5.41) is 11.1. The Labute approximate surface area is 131 Å². The van der Waals surface area contributed by atoms with Gasteiger partial charge in [-0.05, 0) is 39.5 Å². The Morgan fingerprint density at radius 1 is 1.33 bits per heavy atom. The average Bonchev–Trinajstić information content (AvgIpc) is 3.09. The number of hydrogen-bond donors (Lipinski definition) is 1. The number of nitrogens with zero attached hydrogens (tertiary/aromatic N) is 1. The Kier molecular flexibility index (Phi) is 3.60. The van der Waals surface area contributed by atoms with Crippen LogP contribution in [0.2, 0.25) is 0 Å². The van der Waals surface area contributed by atoms with Gasteiger partial charge in [0.15, 0.2) is 11.5 Å². The van der Waals surface area contributed by atoms with Crippen LogP contribution in [0.5, 0.6) is 0 Å². The van der Waals surface area contributed by atoms with E-state index in [0.29, 0.717) is 10.4 Å². The van der Waals surface area contributed by atoms with Gasteiger partial charge in [0.2, 0.25) is 5.89 Å². The minimum Gasteiger partial charge on any atom is -0.476 e. The van der Waals surface area contributed by atoms with E-state index in [2.05, 4.69) is 20.9 Å². The SMILES string of the molecule is O=C(O)c1nc(-c2cccs2)oc1-c1cccc(F)c1Br. The molecule has 0 saturated heterocycles. The fraction of sp³-hybridized carbons (Fsp3) is 0. The number of benzene rings is 1. The lowest BCUT2D eigenvalue weighted by atomic mass is 10.1. The smallest absolute Gasteiger partial charge is 0.358 e. The van der Waals surface area contributed by atoms with E-state index in [-0.39, 0.29) is 21.8 Å². The minimum absolute atomic E-state index is 0.0253. The summed E-state index contributed by atoms with van der Waals surface area (Å²) in [6, 6.07) is 7.90. The van der Waals surface area contributed by atoms with Crippen LogP contribution in [-0.4, -0.2) is 16.1 Å². The molecule has 0 spiro atoms. The van der Waals surface area contributed by atoms with E-state index in [1.807, 2.05) is 11.4 Å². The fourth-order valence-electron chi connectivity index (χ4n) is 1.83. The van der Waals surface area contributed by atoms with Crippen molar-refractivity contribution in [2.45, 2.75) is 0 Å². The molecular formula is C14H7BrFNO3S. The zero-order valence-corrected chi connectivity index (χ0v) is 12.7. The van der Waals surface area contributed by atoms with Crippen molar-refractivity contribution in [3.8, 4) is 22.1 Å². The number of halogens is 2. The average molecular weight is 368 g/mol. The summed E-state index contributed by atoms with van der Waals surface area (Å²) in [6.45, 7) is 0. The summed E-state index contributed by atoms with van der Waals surface area (Å²) < 4.78 is 19.3. The highest BCUT2D eigenvalue weighted by Gasteiger charge is 2.24. The van der Waals surface area contributed by atoms with Gasteiger partial charge in [0, 0.05) is 5.56 Å². The number of hydrogen-bond acceptors (Lipinski definition) is 4. The Hall–Kier alpha value is -1.99. The third kappa shape index (κ3) is 2.50. The zero-order chi connectivity index (χ0) is 15.0. The molecular weight excluding hydrogens is 361 g/mol. The van der Waals surface area contributed by atoms with Crippen LogP contribution in [0, 0.1) is 5.82 Å². The van der Waals surface area contributed by atoms with Crippen molar-refractivity contribution >= 4 is 33.2 Å². The standard InChI is InChI=1S/C14H7BrFNO3S/c15-10-7(3-1-4-8(10)16)12-11(14(18)19)17-13(20-12)9-5-2-6-21-9/h1-6H,(H,18,19). The fourth-order valence-corrected chi connectivity index (χ4v) is 2.93. The van der Waals surface area contributed by atoms with E-state index < -0.39 is 11.8 Å². The zero-order valence-electron chi connectivity index (χ0n) is 10.3. The van der Waals surface area contributed by atoms with E-state index in [0.717, 1.165) is 0 Å². The summed E-state index contributed by atoms with van der Waals surface area (Å²) in [6.07, 6.45) is 0. The van der Waals surface area contributed by atoms with Crippen molar-refractivity contribution in [3.05, 3.63) is 51.7 Å². The molecule has 0 unspecified atom stereocenters. The van der Waals surface area contributed by atoms with E-state index in [4.69, 9.17) is 4.42 Å². The highest BCUT2D eigenvalue weighted by molar-refractivity contribution is 9.10. The molecule has 0 amide bonds. The van der Waals surface area contributed by atoms with Crippen LogP contribution < -0.4 is 0 Å². The van der Waals surface area contributed by atoms with Crippen LogP contribution >= 0.6 is 27.3 Å². The van der Waals surface area contributed by atoms with Crippen LogP contribution in [0.3, 0.4) is 0 Å². The largest absolute Gasteiger partial charge is 0.476 e. The third-order valence-corrected chi connectivity index (χ3v) is 4.42. The first-order chi connectivity index (χ1) is 10.1. The van der Waals surface area contributed by atoms with E-state index >= 15 is 0 Å². The van der Waals surface area contributed by atoms with Crippen LogP contribution in [0.1, 0.15) is 10.5 Å². The molecule has 0 radical (unpaired) electrons. The van der Waals surface area contributed by atoms with Crippen molar-refractivity contribution in [1.82, 2.24) is 4.98 Å². The molecule has 0 fully saturated rings. The number of rotatable bonds is 3. The van der Waals surface area contributed by atoms with Gasteiger partial charge in [-0.2, -0.15) is 0 Å². The number of carboxylic acids is 1. The third-order valence-electron chi connectivity index (χ3n) is 2.76. The lowest BCUT2D eigenvalue weighted by Gasteiger charge is -2.02. The predicted molar refractivity (Wildman–Crippen MR) is 79.9 cm³/mol. The summed E-state index contributed by atoms with van der Waals surface area (Å²) in [7, 11) is 0. The molecule has 106 valence electrons. The van der Waals surface area contributed by atoms with Gasteiger partial charge in [-0.3, -0.25) is 0 Å². The molecule has 3 aromatic rings. The second-order valence-electron chi connectivity index (χ2n) is 4.08. The number of oxazole rings is 1. The second-order valence-corrected chi connectivity index (χ2v) is 5.82. The number of aromatic nitrogens is 1. The van der Waals surface area contributed by atoms with Crippen molar-refractivity contribution < 1.29 is 18.7 Å². The van der Waals surface area contributed by atoms with Gasteiger partial charge in [-0.15, -0.1) is 11.3 Å². The van der Waals surface area contributed by atoms with Crippen LogP contribution in [-0.2, 0) is 0 Å². The summed E-state index contributed by atoms with van der Waals surface area (Å²) in [5.41, 5.74) is 0.0624. The summed E-state index contributed by atoms with van der Waals surface area (Å²) in [5.74, 6) is -1.50. The molecule has 0 bridgehead atoms. The Morgan fingerprint density at radius 3 is 2.81 bits per heavy atom. The molecule has 0 aliphatic rings. The normalized spacial score (nSPS) is 10.8. The molecule has 3 rings (SSSR count). The molecule has 1 N–H and O–H groups in total. The maximum absolute atomic E-state index is 13.6. The van der Waals surface area contributed by atoms with Gasteiger partial charge in [-0.25, -0.2) is 14.2 Å². The highest BCUT2D eigenvalue weighted by atomic mass is 79.9. The quantitative estimate of drug-likeness (QED) is 0.730. The molecule has 0 aliphatic carbocycles. The van der Waals surface area contributed by atoms with Crippen LogP contribution in [0.25, 0.3) is 22.1 Å². The number of carbonyl (C=O) groups is 1. The van der Waals surface area contributed by atoms with Crippen molar-refractivity contribution in [2.24, 2.45) is 0 Å². The van der Waals surface area contributed by atoms with Crippen LogP contribution in [0.4, 0.5) is 4.39 Å². The minimum atomic E-state index is -1.23. The van der Waals surface area contributed by atoms with Crippen LogP contribution in [0.15, 0.2) is 44.6 Å². The van der Waals surface area contributed by atoms with Gasteiger partial charge in [0.1, 0.15) is 5.82 Å². The molecule has 0 atom stereocenters. The Balaban J connectivity index is 2.22. The summed E-state index contributed by atoms with van der Waals surface area (Å²) in [4.78, 5) is 16.1. The van der Waals surface area contributed by atoms with Crippen molar-refractivity contribution in [3.63, 3.8) is 0 Å². The van der Waals surface area contributed by atoms with Gasteiger partial charge < -0.3 is 9.52 Å². The molecule has 7 heteroatoms. The van der Waals surface area contributed by atoms with Gasteiger partial charge in [-0.1, -0.05) is 12.1 Å². The molecule has 0 saturated carbocycles. The molecule has 0 aliphatic heterocycles. The Morgan fingerprint density at radius 2 is 2.14 bits per heavy atom. The van der Waals surface area contributed by atoms with E-state index in [1.54, 1.807) is 12.1 Å². The predicted octanol–water partition coefficient (Wildman–Crippen LogP) is 4.67. The van der Waals surface area contributed by atoms with E-state index in [1.165, 1.54) is 23.5 Å². The number of aromatic carboxylic acids is 1. The lowest BCUT2D eigenvalue weighted by Crippen LogP contribution is -1.99. The maximum Gasteiger partial charge on any atom is 0.358 e. The second kappa shape index (κ2) is 5.42. The van der Waals surface area contributed by atoms with Gasteiger partial charge in [0.25, 0.3) is 0 Å². The Bertz CT molecular complexity index is 814. The van der Waals surface area contributed by atoms with Gasteiger partial charge in [0.05, 0.1) is 9.35 Å². The molecule has 2 aromatic heterocycles. The van der Waals surface area contributed by atoms with Crippen molar-refractivity contribution in [1.29, 1.82) is 0 Å². The lowest BCUT2D eigenvalue weighted by molar-refractivity contribution is 0.0691. The highest BCUT2D eigenvalue weighted by Crippen LogP contribution is 2.36. The number of thiophene rings is 1. The molecule has 21 heavy (non-hydrogen) atoms. The van der Waals surface area contributed by atoms with Crippen molar-refractivity contribution in [2.75, 3.05) is 0 Å². The topological polar surface area (TPSA) is 63.3 Å². The first-order valence-corrected chi connectivity index (χ1v) is 7.47. The van der Waals surface area contributed by atoms with E-state index in [9.17, 15) is 14.3 Å². The summed E-state index contributed by atoms with van der Waals surface area (Å²) >= 11 is 4.48. The molecule has 2 heterocycles. The first kappa shape index (κ1) is 14.0. The van der Waals surface area contributed by atoms with Gasteiger partial charge >= 0.3 is 5.97 Å². The molecule has 1 aromatic carbocycles. The number of carboxylic acid groups (broad SMARTS) is 1.